The van der Waals surface area contributed by atoms with E-state index in [1.54, 1.807) is 0 Å². The first-order valence-electron chi connectivity index (χ1n) is 8.62. The lowest BCUT2D eigenvalue weighted by Gasteiger charge is -2.04. The molecule has 0 atom stereocenters. The standard InChI is InChI=1S/C23H18N2/c1-16-11-12-21-18(13-16)19(14-17-7-3-2-4-8-17)23-15-24-20-9-5-6-10-22(20)25(21)23/h2-13,15H,14H2,1H3. The van der Waals surface area contributed by atoms with Gasteiger partial charge in [-0.3, -0.25) is 4.98 Å². The maximum Gasteiger partial charge on any atom is 0.0871 e. The minimum atomic E-state index is 0.914. The van der Waals surface area contributed by atoms with Gasteiger partial charge in [0.05, 0.1) is 28.3 Å². The van der Waals surface area contributed by atoms with Gasteiger partial charge < -0.3 is 4.40 Å². The van der Waals surface area contributed by atoms with E-state index >= 15 is 0 Å². The molecule has 0 spiro atoms. The molecular weight excluding hydrogens is 304 g/mol. The second-order valence-electron chi connectivity index (χ2n) is 6.63. The average Bonchev–Trinajstić information content (AvgIpc) is 2.96. The van der Waals surface area contributed by atoms with Crippen LogP contribution < -0.4 is 0 Å². The van der Waals surface area contributed by atoms with Gasteiger partial charge in [-0.15, -0.1) is 0 Å². The SMILES string of the molecule is Cc1ccc2c(c1)c(Cc1ccccc1)c1cnc3ccccc3n12. The van der Waals surface area contributed by atoms with E-state index in [9.17, 15) is 0 Å². The first-order chi connectivity index (χ1) is 12.3. The van der Waals surface area contributed by atoms with Crippen molar-refractivity contribution >= 4 is 27.5 Å². The topological polar surface area (TPSA) is 17.3 Å². The Balaban J connectivity index is 1.91. The van der Waals surface area contributed by atoms with Crippen LogP contribution in [0.15, 0.2) is 79.0 Å². The molecule has 25 heavy (non-hydrogen) atoms. The molecule has 0 aliphatic carbocycles. The fourth-order valence-electron chi connectivity index (χ4n) is 3.76. The highest BCUT2D eigenvalue weighted by molar-refractivity contribution is 5.97. The van der Waals surface area contributed by atoms with Gasteiger partial charge in [0.2, 0.25) is 0 Å². The van der Waals surface area contributed by atoms with Gasteiger partial charge in [-0.05, 0) is 42.3 Å². The van der Waals surface area contributed by atoms with Crippen molar-refractivity contribution in [1.29, 1.82) is 0 Å². The molecule has 0 saturated heterocycles. The molecule has 0 amide bonds. The monoisotopic (exact) mass is 322 g/mol. The molecule has 0 aliphatic rings. The summed E-state index contributed by atoms with van der Waals surface area (Å²) in [5.41, 5.74) is 8.60. The van der Waals surface area contributed by atoms with Gasteiger partial charge in [-0.1, -0.05) is 54.1 Å². The van der Waals surface area contributed by atoms with Crippen LogP contribution in [-0.4, -0.2) is 9.38 Å². The zero-order valence-corrected chi connectivity index (χ0v) is 14.1. The van der Waals surface area contributed by atoms with Gasteiger partial charge in [0.25, 0.3) is 0 Å². The van der Waals surface area contributed by atoms with Crippen LogP contribution >= 0.6 is 0 Å². The lowest BCUT2D eigenvalue weighted by atomic mass is 10.0. The van der Waals surface area contributed by atoms with Crippen molar-refractivity contribution in [3.63, 3.8) is 0 Å². The van der Waals surface area contributed by atoms with Crippen molar-refractivity contribution in [2.75, 3.05) is 0 Å². The minimum Gasteiger partial charge on any atom is -0.306 e. The highest BCUT2D eigenvalue weighted by Crippen LogP contribution is 2.31. The van der Waals surface area contributed by atoms with Crippen LogP contribution in [0.1, 0.15) is 16.7 Å². The van der Waals surface area contributed by atoms with Crippen molar-refractivity contribution in [1.82, 2.24) is 9.38 Å². The lowest BCUT2D eigenvalue weighted by Crippen LogP contribution is -1.92. The summed E-state index contributed by atoms with van der Waals surface area (Å²) in [6.45, 7) is 2.16. The smallest absolute Gasteiger partial charge is 0.0871 e. The number of rotatable bonds is 2. The summed E-state index contributed by atoms with van der Waals surface area (Å²) in [7, 11) is 0. The molecule has 0 N–H and O–H groups in total. The second kappa shape index (κ2) is 5.45. The van der Waals surface area contributed by atoms with E-state index in [-0.39, 0.29) is 0 Å². The van der Waals surface area contributed by atoms with Gasteiger partial charge >= 0.3 is 0 Å². The third-order valence-electron chi connectivity index (χ3n) is 4.94. The quantitative estimate of drug-likeness (QED) is 0.417. The molecule has 120 valence electrons. The van der Waals surface area contributed by atoms with Crippen LogP contribution in [0.3, 0.4) is 0 Å². The zero-order chi connectivity index (χ0) is 16.8. The molecule has 2 heterocycles. The normalized spacial score (nSPS) is 11.6. The van der Waals surface area contributed by atoms with Crippen molar-refractivity contribution in [2.45, 2.75) is 13.3 Å². The highest BCUT2D eigenvalue weighted by Gasteiger charge is 2.14. The third-order valence-corrected chi connectivity index (χ3v) is 4.94. The zero-order valence-electron chi connectivity index (χ0n) is 14.1. The Morgan fingerprint density at radius 1 is 0.800 bits per heavy atom. The Bertz CT molecular complexity index is 1220. The number of aromatic nitrogens is 2. The highest BCUT2D eigenvalue weighted by atomic mass is 14.9. The van der Waals surface area contributed by atoms with E-state index in [0.29, 0.717) is 0 Å². The predicted molar refractivity (Wildman–Crippen MR) is 104 cm³/mol. The molecule has 3 aromatic carbocycles. The molecule has 0 aliphatic heterocycles. The molecule has 0 radical (unpaired) electrons. The summed E-state index contributed by atoms with van der Waals surface area (Å²) in [6.07, 6.45) is 2.94. The Hall–Kier alpha value is -3.13. The maximum absolute atomic E-state index is 4.71. The Morgan fingerprint density at radius 2 is 1.60 bits per heavy atom. The average molecular weight is 322 g/mol. The second-order valence-corrected chi connectivity index (χ2v) is 6.63. The minimum absolute atomic E-state index is 0.914. The third kappa shape index (κ3) is 2.22. The van der Waals surface area contributed by atoms with Gasteiger partial charge in [-0.2, -0.15) is 0 Å². The van der Waals surface area contributed by atoms with E-state index in [1.165, 1.54) is 33.1 Å². The van der Waals surface area contributed by atoms with Gasteiger partial charge in [0.15, 0.2) is 0 Å². The number of benzene rings is 3. The summed E-state index contributed by atoms with van der Waals surface area (Å²) in [6, 6.07) is 25.8. The summed E-state index contributed by atoms with van der Waals surface area (Å²) >= 11 is 0. The molecule has 0 bridgehead atoms. The Labute approximate surface area is 146 Å². The van der Waals surface area contributed by atoms with Gasteiger partial charge in [0, 0.05) is 11.8 Å². The van der Waals surface area contributed by atoms with E-state index in [0.717, 1.165) is 17.5 Å². The summed E-state index contributed by atoms with van der Waals surface area (Å²) in [5.74, 6) is 0. The molecule has 5 aromatic rings. The van der Waals surface area contributed by atoms with Crippen LogP contribution in [0.5, 0.6) is 0 Å². The van der Waals surface area contributed by atoms with Gasteiger partial charge in [0.1, 0.15) is 0 Å². The fourth-order valence-corrected chi connectivity index (χ4v) is 3.76. The largest absolute Gasteiger partial charge is 0.306 e. The van der Waals surface area contributed by atoms with E-state index < -0.39 is 0 Å². The van der Waals surface area contributed by atoms with Crippen LogP contribution in [0.25, 0.3) is 27.5 Å². The fraction of sp³-hybridized carbons (Fsp3) is 0.0870. The first kappa shape index (κ1) is 14.2. The van der Waals surface area contributed by atoms with Crippen molar-refractivity contribution < 1.29 is 0 Å². The molecular formula is C23H18N2. The van der Waals surface area contributed by atoms with Crippen LogP contribution in [0.2, 0.25) is 0 Å². The summed E-state index contributed by atoms with van der Waals surface area (Å²) in [5, 5.41) is 1.32. The molecule has 0 fully saturated rings. The number of nitrogens with zero attached hydrogens (tertiary/aromatic N) is 2. The molecule has 0 unspecified atom stereocenters. The number of aryl methyl sites for hydroxylation is 1. The van der Waals surface area contributed by atoms with Crippen LogP contribution in [0, 0.1) is 6.92 Å². The first-order valence-corrected chi connectivity index (χ1v) is 8.62. The van der Waals surface area contributed by atoms with Crippen LogP contribution in [-0.2, 0) is 6.42 Å². The molecule has 5 rings (SSSR count). The number of para-hydroxylation sites is 2. The summed E-state index contributed by atoms with van der Waals surface area (Å²) in [4.78, 5) is 4.71. The number of hydrogen-bond acceptors (Lipinski definition) is 1. The number of hydrogen-bond donors (Lipinski definition) is 0. The van der Waals surface area contributed by atoms with Crippen molar-refractivity contribution in [3.8, 4) is 0 Å². The van der Waals surface area contributed by atoms with Gasteiger partial charge in [-0.25, -0.2) is 0 Å². The van der Waals surface area contributed by atoms with Crippen LogP contribution in [0.4, 0.5) is 0 Å². The Morgan fingerprint density at radius 3 is 2.48 bits per heavy atom. The summed E-state index contributed by atoms with van der Waals surface area (Å²) < 4.78 is 2.36. The Kier molecular flexibility index (Phi) is 3.10. The molecule has 2 nitrogen and oxygen atoms in total. The molecule has 2 aromatic heterocycles. The molecule has 0 saturated carbocycles. The number of fused-ring (bicyclic) bond motifs is 5. The lowest BCUT2D eigenvalue weighted by molar-refractivity contribution is 1.20. The van der Waals surface area contributed by atoms with E-state index in [4.69, 9.17) is 4.98 Å². The molecule has 2 heteroatoms. The maximum atomic E-state index is 4.71. The van der Waals surface area contributed by atoms with Crippen molar-refractivity contribution in [2.24, 2.45) is 0 Å². The van der Waals surface area contributed by atoms with E-state index in [2.05, 4.69) is 78.1 Å². The van der Waals surface area contributed by atoms with Crippen molar-refractivity contribution in [3.05, 3.63) is 95.7 Å². The van der Waals surface area contributed by atoms with E-state index in [1.807, 2.05) is 12.3 Å². The predicted octanol–water partition coefficient (Wildman–Crippen LogP) is 5.54.